The van der Waals surface area contributed by atoms with Gasteiger partial charge in [-0.15, -0.1) is 14.8 Å². The highest BCUT2D eigenvalue weighted by molar-refractivity contribution is 7.85. The Morgan fingerprint density at radius 1 is 1.27 bits per heavy atom. The van der Waals surface area contributed by atoms with E-state index in [0.717, 1.165) is 0 Å². The number of rotatable bonds is 2. The van der Waals surface area contributed by atoms with Gasteiger partial charge in [0.25, 0.3) is 0 Å². The summed E-state index contributed by atoms with van der Waals surface area (Å²) in [6, 6.07) is 6.40. The molecular weight excluding hydrogens is 214 g/mol. The highest BCUT2D eigenvalue weighted by atomic mass is 32.2. The molecule has 0 amide bonds. The predicted octanol–water partition coefficient (Wildman–Crippen LogP) is 1.04. The van der Waals surface area contributed by atoms with Crippen molar-refractivity contribution in [3.8, 4) is 12.3 Å². The molecule has 15 heavy (non-hydrogen) atoms. The van der Waals surface area contributed by atoms with Gasteiger partial charge in [-0.3, -0.25) is 0 Å². The van der Waals surface area contributed by atoms with E-state index in [-0.39, 0.29) is 0 Å². The average molecular weight is 226 g/mol. The smallest absolute Gasteiger partial charge is 0.241 e. The first-order valence-corrected chi connectivity index (χ1v) is 5.57. The molecule has 1 N–H and O–H groups in total. The van der Waals surface area contributed by atoms with Crippen LogP contribution in [0.4, 0.5) is 5.69 Å². The molecule has 4 nitrogen and oxygen atoms in total. The third-order valence-corrected chi connectivity index (χ3v) is 3.60. The lowest BCUT2D eigenvalue weighted by Crippen LogP contribution is -2.45. The third-order valence-electron chi connectivity index (χ3n) is 2.23. The SMILES string of the molecule is C#Cc1ccc([N+](C)(C)S(=O)(=O)O)cc1. The molecular formula is C10H12NO3S+. The van der Waals surface area contributed by atoms with Gasteiger partial charge in [0.15, 0.2) is 0 Å². The van der Waals surface area contributed by atoms with E-state index < -0.39 is 14.2 Å². The predicted molar refractivity (Wildman–Crippen MR) is 59.6 cm³/mol. The second kappa shape index (κ2) is 3.66. The molecule has 1 aromatic rings. The van der Waals surface area contributed by atoms with E-state index in [0.29, 0.717) is 11.3 Å². The van der Waals surface area contributed by atoms with E-state index in [1.54, 1.807) is 24.3 Å². The molecule has 0 radical (unpaired) electrons. The van der Waals surface area contributed by atoms with Gasteiger partial charge in [0.2, 0.25) is 0 Å². The van der Waals surface area contributed by atoms with Crippen molar-refractivity contribution < 1.29 is 13.0 Å². The van der Waals surface area contributed by atoms with Crippen molar-refractivity contribution in [3.63, 3.8) is 0 Å². The van der Waals surface area contributed by atoms with E-state index in [1.165, 1.54) is 14.1 Å². The van der Waals surface area contributed by atoms with Crippen LogP contribution in [0.25, 0.3) is 0 Å². The Kier molecular flexibility index (Phi) is 2.86. The highest BCUT2D eigenvalue weighted by Crippen LogP contribution is 2.22. The molecule has 1 rings (SSSR count). The number of nitrogens with zero attached hydrogens (tertiary/aromatic N) is 1. The number of benzene rings is 1. The largest absolute Gasteiger partial charge is 0.437 e. The zero-order valence-electron chi connectivity index (χ0n) is 8.51. The van der Waals surface area contributed by atoms with E-state index in [1.807, 2.05) is 0 Å². The van der Waals surface area contributed by atoms with Crippen molar-refractivity contribution in [1.29, 1.82) is 0 Å². The Hall–Kier alpha value is -1.35. The minimum Gasteiger partial charge on any atom is -0.241 e. The van der Waals surface area contributed by atoms with Crippen molar-refractivity contribution in [2.24, 2.45) is 0 Å². The number of hydrogen-bond acceptors (Lipinski definition) is 2. The number of quaternary nitrogens is 1. The minimum atomic E-state index is -4.19. The molecule has 0 aliphatic heterocycles. The van der Waals surface area contributed by atoms with Crippen molar-refractivity contribution in [3.05, 3.63) is 29.8 Å². The minimum absolute atomic E-state index is 0.441. The number of hydrogen-bond donors (Lipinski definition) is 1. The van der Waals surface area contributed by atoms with E-state index in [2.05, 4.69) is 5.92 Å². The second-order valence-electron chi connectivity index (χ2n) is 3.49. The molecule has 0 aliphatic rings. The van der Waals surface area contributed by atoms with Crippen LogP contribution in [0, 0.1) is 12.3 Å². The lowest BCUT2D eigenvalue weighted by atomic mass is 10.2. The topological polar surface area (TPSA) is 54.4 Å². The summed E-state index contributed by atoms with van der Waals surface area (Å²) in [7, 11) is -1.44. The van der Waals surface area contributed by atoms with Crippen molar-refractivity contribution in [1.82, 2.24) is 3.89 Å². The van der Waals surface area contributed by atoms with Crippen LogP contribution in [0.3, 0.4) is 0 Å². The normalized spacial score (nSPS) is 12.1. The molecule has 1 aromatic carbocycles. The van der Waals surface area contributed by atoms with E-state index >= 15 is 0 Å². The van der Waals surface area contributed by atoms with Gasteiger partial charge in [-0.1, -0.05) is 5.92 Å². The highest BCUT2D eigenvalue weighted by Gasteiger charge is 2.33. The molecule has 0 spiro atoms. The summed E-state index contributed by atoms with van der Waals surface area (Å²) in [5.41, 5.74) is 1.10. The fraction of sp³-hybridized carbons (Fsp3) is 0.200. The standard InChI is InChI=1S/C10H11NO3S/c1-4-9-5-7-10(8-6-9)11(2,3)15(12,13)14/h1,5-8H,2-3H3/p+1. The molecule has 0 heterocycles. The lowest BCUT2D eigenvalue weighted by molar-refractivity contribution is 0.412. The maximum atomic E-state index is 11.1. The van der Waals surface area contributed by atoms with Crippen LogP contribution >= 0.6 is 0 Å². The average Bonchev–Trinajstić information content (AvgIpc) is 2.16. The Labute approximate surface area is 89.6 Å². The van der Waals surface area contributed by atoms with Crippen LogP contribution in [-0.4, -0.2) is 27.1 Å². The fourth-order valence-electron chi connectivity index (χ4n) is 1.05. The maximum Gasteiger partial charge on any atom is 0.437 e. The molecule has 0 bridgehead atoms. The first kappa shape index (κ1) is 11.7. The van der Waals surface area contributed by atoms with Crippen LogP contribution in [0.15, 0.2) is 24.3 Å². The quantitative estimate of drug-likeness (QED) is 0.465. The Morgan fingerprint density at radius 2 is 1.73 bits per heavy atom. The van der Waals surface area contributed by atoms with Crippen LogP contribution in [-0.2, 0) is 10.3 Å². The molecule has 80 valence electrons. The Balaban J connectivity index is 3.25. The summed E-state index contributed by atoms with van der Waals surface area (Å²) in [6.07, 6.45) is 5.17. The lowest BCUT2D eigenvalue weighted by Gasteiger charge is -2.23. The van der Waals surface area contributed by atoms with Crippen molar-refractivity contribution in [2.75, 3.05) is 14.1 Å². The van der Waals surface area contributed by atoms with Gasteiger partial charge in [0.1, 0.15) is 5.69 Å². The van der Waals surface area contributed by atoms with Gasteiger partial charge in [0, 0.05) is 17.7 Å². The van der Waals surface area contributed by atoms with Crippen molar-refractivity contribution in [2.45, 2.75) is 0 Å². The zero-order valence-corrected chi connectivity index (χ0v) is 9.32. The van der Waals surface area contributed by atoms with Crippen LogP contribution in [0.1, 0.15) is 5.56 Å². The molecule has 0 unspecified atom stereocenters. The van der Waals surface area contributed by atoms with E-state index in [4.69, 9.17) is 11.0 Å². The summed E-state index contributed by atoms with van der Waals surface area (Å²) in [4.78, 5) is 0. The van der Waals surface area contributed by atoms with Gasteiger partial charge < -0.3 is 0 Å². The Bertz CT molecular complexity index is 494. The van der Waals surface area contributed by atoms with Crippen LogP contribution < -0.4 is 3.89 Å². The monoisotopic (exact) mass is 226 g/mol. The molecule has 0 saturated carbocycles. The van der Waals surface area contributed by atoms with Gasteiger partial charge in [-0.2, -0.15) is 3.89 Å². The Morgan fingerprint density at radius 3 is 2.07 bits per heavy atom. The molecule has 0 saturated heterocycles. The third kappa shape index (κ3) is 2.18. The molecule has 0 aliphatic carbocycles. The molecule has 0 aromatic heterocycles. The molecule has 5 heteroatoms. The summed E-state index contributed by atoms with van der Waals surface area (Å²) >= 11 is 0. The number of terminal acetylenes is 1. The molecule has 0 atom stereocenters. The van der Waals surface area contributed by atoms with E-state index in [9.17, 15) is 8.42 Å². The zero-order chi connectivity index (χ0) is 11.7. The summed E-state index contributed by atoms with van der Waals surface area (Å²) in [6.45, 7) is 0. The maximum absolute atomic E-state index is 11.1. The van der Waals surface area contributed by atoms with Gasteiger partial charge in [-0.25, -0.2) is 4.55 Å². The summed E-state index contributed by atoms with van der Waals surface area (Å²) in [5, 5.41) is 0. The summed E-state index contributed by atoms with van der Waals surface area (Å²) < 4.78 is 30.6. The van der Waals surface area contributed by atoms with Gasteiger partial charge in [0.05, 0.1) is 14.1 Å². The van der Waals surface area contributed by atoms with Crippen molar-refractivity contribution >= 4 is 16.0 Å². The van der Waals surface area contributed by atoms with Crippen LogP contribution in [0.2, 0.25) is 0 Å². The van der Waals surface area contributed by atoms with Gasteiger partial charge in [-0.05, 0) is 12.1 Å². The summed E-state index contributed by atoms with van der Waals surface area (Å²) in [5.74, 6) is 2.43. The second-order valence-corrected chi connectivity index (χ2v) is 5.30. The molecule has 0 fully saturated rings. The fourth-order valence-corrected chi connectivity index (χ4v) is 1.44. The first-order chi connectivity index (χ1) is 6.79. The van der Waals surface area contributed by atoms with Gasteiger partial charge >= 0.3 is 10.3 Å². The van der Waals surface area contributed by atoms with Crippen LogP contribution in [0.5, 0.6) is 0 Å². The first-order valence-electron chi connectivity index (χ1n) is 4.18.